The number of ether oxygens (including phenoxy) is 2. The normalized spacial score (nSPS) is 11.5. The number of benzene rings is 2. The molecule has 0 saturated carbocycles. The Morgan fingerprint density at radius 1 is 1.08 bits per heavy atom. The van der Waals surface area contributed by atoms with Gasteiger partial charge in [-0.05, 0) is 43.2 Å². The van der Waals surface area contributed by atoms with Gasteiger partial charge in [-0.25, -0.2) is 4.79 Å². The van der Waals surface area contributed by atoms with E-state index >= 15 is 0 Å². The molecule has 1 atom stereocenters. The molecule has 0 aliphatic heterocycles. The summed E-state index contributed by atoms with van der Waals surface area (Å²) in [6.07, 6.45) is 0. The van der Waals surface area contributed by atoms with Crippen LogP contribution in [-0.4, -0.2) is 25.1 Å². The van der Waals surface area contributed by atoms with E-state index in [9.17, 15) is 9.59 Å². The lowest BCUT2D eigenvalue weighted by atomic mass is 10.1. The summed E-state index contributed by atoms with van der Waals surface area (Å²) in [6, 6.07) is 14.8. The van der Waals surface area contributed by atoms with Gasteiger partial charge in [-0.2, -0.15) is 0 Å². The zero-order valence-corrected chi connectivity index (χ0v) is 15.7. The molecule has 0 bridgehead atoms. The Hall–Kier alpha value is -2.34. The Morgan fingerprint density at radius 2 is 1.76 bits per heavy atom. The molecular formula is C19H20BrNO4. The Kier molecular flexibility index (Phi) is 7.01. The molecule has 0 saturated heterocycles. The number of carbonyl (C=O) groups is 2. The van der Waals surface area contributed by atoms with Crippen LogP contribution in [0.1, 0.15) is 24.1 Å². The number of halogens is 1. The number of hydrogen-bond donors (Lipinski definition) is 1. The van der Waals surface area contributed by atoms with Crippen molar-refractivity contribution in [3.8, 4) is 5.75 Å². The molecule has 0 fully saturated rings. The molecule has 6 heteroatoms. The minimum Gasteiger partial charge on any atom is -0.482 e. The van der Waals surface area contributed by atoms with Crippen molar-refractivity contribution in [1.29, 1.82) is 0 Å². The van der Waals surface area contributed by atoms with E-state index in [1.165, 1.54) is 0 Å². The van der Waals surface area contributed by atoms with Crippen LogP contribution in [0.5, 0.6) is 5.75 Å². The minimum atomic E-state index is -0.588. The van der Waals surface area contributed by atoms with E-state index in [0.29, 0.717) is 5.75 Å². The molecule has 0 heterocycles. The number of hydrogen-bond acceptors (Lipinski definition) is 4. The summed E-state index contributed by atoms with van der Waals surface area (Å²) >= 11 is 3.37. The zero-order valence-electron chi connectivity index (χ0n) is 14.1. The molecule has 25 heavy (non-hydrogen) atoms. The van der Waals surface area contributed by atoms with Crippen molar-refractivity contribution in [1.82, 2.24) is 5.32 Å². The van der Waals surface area contributed by atoms with Crippen LogP contribution in [0.15, 0.2) is 53.0 Å². The van der Waals surface area contributed by atoms with E-state index < -0.39 is 5.97 Å². The van der Waals surface area contributed by atoms with E-state index in [2.05, 4.69) is 21.2 Å². The van der Waals surface area contributed by atoms with Gasteiger partial charge in [-0.3, -0.25) is 4.79 Å². The quantitative estimate of drug-likeness (QED) is 0.715. The van der Waals surface area contributed by atoms with Crippen LogP contribution < -0.4 is 10.1 Å². The molecule has 5 nitrogen and oxygen atoms in total. The smallest absolute Gasteiger partial charge is 0.344 e. The summed E-state index contributed by atoms with van der Waals surface area (Å²) in [7, 11) is 0. The van der Waals surface area contributed by atoms with Crippen LogP contribution in [-0.2, 0) is 14.3 Å². The molecule has 0 aliphatic rings. The van der Waals surface area contributed by atoms with Crippen molar-refractivity contribution in [2.45, 2.75) is 19.9 Å². The summed E-state index contributed by atoms with van der Waals surface area (Å²) in [5.74, 6) is -0.331. The second-order valence-electron chi connectivity index (χ2n) is 5.56. The zero-order chi connectivity index (χ0) is 18.2. The summed E-state index contributed by atoms with van der Waals surface area (Å²) in [5, 5.41) is 2.78. The van der Waals surface area contributed by atoms with Gasteiger partial charge < -0.3 is 14.8 Å². The molecule has 132 valence electrons. The highest BCUT2D eigenvalue weighted by molar-refractivity contribution is 9.10. The van der Waals surface area contributed by atoms with Gasteiger partial charge in [0.2, 0.25) is 0 Å². The van der Waals surface area contributed by atoms with Gasteiger partial charge in [-0.15, -0.1) is 0 Å². The first kappa shape index (κ1) is 19.0. The van der Waals surface area contributed by atoms with E-state index in [4.69, 9.17) is 9.47 Å². The summed E-state index contributed by atoms with van der Waals surface area (Å²) in [4.78, 5) is 23.6. The second-order valence-corrected chi connectivity index (χ2v) is 6.47. The fourth-order valence-electron chi connectivity index (χ4n) is 2.16. The van der Waals surface area contributed by atoms with E-state index in [1.807, 2.05) is 56.3 Å². The number of esters is 1. The Morgan fingerprint density at radius 3 is 2.44 bits per heavy atom. The molecule has 0 aliphatic carbocycles. The van der Waals surface area contributed by atoms with Crippen molar-refractivity contribution >= 4 is 27.8 Å². The molecule has 2 aromatic rings. The van der Waals surface area contributed by atoms with Crippen molar-refractivity contribution < 1.29 is 19.1 Å². The fraction of sp³-hybridized carbons (Fsp3) is 0.263. The van der Waals surface area contributed by atoms with E-state index in [1.54, 1.807) is 6.07 Å². The maximum atomic E-state index is 11.9. The number of amides is 1. The first-order valence-corrected chi connectivity index (χ1v) is 8.64. The van der Waals surface area contributed by atoms with Gasteiger partial charge in [-0.1, -0.05) is 46.3 Å². The van der Waals surface area contributed by atoms with Gasteiger partial charge in [0, 0.05) is 4.47 Å². The predicted molar refractivity (Wildman–Crippen MR) is 98.3 cm³/mol. The molecule has 1 amide bonds. The lowest BCUT2D eigenvalue weighted by Crippen LogP contribution is -2.31. The Balaban J connectivity index is 1.73. The second kappa shape index (κ2) is 9.22. The standard InChI is InChI=1S/C19H20BrNO4/c1-13-5-3-4-6-17(13)24-12-19(23)25-11-18(22)21-14(2)15-7-9-16(20)10-8-15/h3-10,14H,11-12H2,1-2H3,(H,21,22)/t14-/m1/s1. The van der Waals surface area contributed by atoms with Gasteiger partial charge >= 0.3 is 5.97 Å². The average molecular weight is 406 g/mol. The molecular weight excluding hydrogens is 386 g/mol. The number of aryl methyl sites for hydroxylation is 1. The maximum absolute atomic E-state index is 11.9. The number of rotatable bonds is 7. The van der Waals surface area contributed by atoms with Crippen molar-refractivity contribution in [2.75, 3.05) is 13.2 Å². The lowest BCUT2D eigenvalue weighted by Gasteiger charge is -2.14. The van der Waals surface area contributed by atoms with Crippen LogP contribution >= 0.6 is 15.9 Å². The van der Waals surface area contributed by atoms with Gasteiger partial charge in [0.1, 0.15) is 5.75 Å². The molecule has 0 radical (unpaired) electrons. The number of carbonyl (C=O) groups excluding carboxylic acids is 2. The van der Waals surface area contributed by atoms with Crippen LogP contribution in [0.3, 0.4) is 0 Å². The average Bonchev–Trinajstić information content (AvgIpc) is 2.59. The summed E-state index contributed by atoms with van der Waals surface area (Å²) in [6.45, 7) is 3.18. The molecule has 0 aromatic heterocycles. The lowest BCUT2D eigenvalue weighted by molar-refractivity contribution is -0.150. The SMILES string of the molecule is Cc1ccccc1OCC(=O)OCC(=O)N[C@H](C)c1ccc(Br)cc1. The fourth-order valence-corrected chi connectivity index (χ4v) is 2.43. The molecule has 2 rings (SSSR count). The van der Waals surface area contributed by atoms with Crippen LogP contribution in [0, 0.1) is 6.92 Å². The third-order valence-corrected chi connectivity index (χ3v) is 4.08. The van der Waals surface area contributed by atoms with Crippen molar-refractivity contribution in [3.05, 3.63) is 64.1 Å². The Labute approximate surface area is 155 Å². The molecule has 2 aromatic carbocycles. The monoisotopic (exact) mass is 405 g/mol. The van der Waals surface area contributed by atoms with E-state index in [0.717, 1.165) is 15.6 Å². The van der Waals surface area contributed by atoms with Crippen molar-refractivity contribution in [3.63, 3.8) is 0 Å². The molecule has 0 unspecified atom stereocenters. The van der Waals surface area contributed by atoms with Crippen LogP contribution in [0.2, 0.25) is 0 Å². The first-order valence-electron chi connectivity index (χ1n) is 7.84. The highest BCUT2D eigenvalue weighted by Crippen LogP contribution is 2.17. The van der Waals surface area contributed by atoms with E-state index in [-0.39, 0.29) is 25.2 Å². The number of nitrogens with one attached hydrogen (secondary N) is 1. The summed E-state index contributed by atoms with van der Waals surface area (Å²) < 4.78 is 11.3. The number of para-hydroxylation sites is 1. The highest BCUT2D eigenvalue weighted by Gasteiger charge is 2.12. The largest absolute Gasteiger partial charge is 0.482 e. The van der Waals surface area contributed by atoms with Gasteiger partial charge in [0.25, 0.3) is 5.91 Å². The van der Waals surface area contributed by atoms with Gasteiger partial charge in [0.05, 0.1) is 6.04 Å². The maximum Gasteiger partial charge on any atom is 0.344 e. The molecule has 0 spiro atoms. The minimum absolute atomic E-state index is 0.178. The van der Waals surface area contributed by atoms with Gasteiger partial charge in [0.15, 0.2) is 13.2 Å². The Bertz CT molecular complexity index is 730. The molecule has 1 N–H and O–H groups in total. The van der Waals surface area contributed by atoms with Crippen LogP contribution in [0.4, 0.5) is 0 Å². The third kappa shape index (κ3) is 6.23. The highest BCUT2D eigenvalue weighted by atomic mass is 79.9. The predicted octanol–water partition coefficient (Wildman–Crippen LogP) is 3.56. The topological polar surface area (TPSA) is 64.6 Å². The summed E-state index contributed by atoms with van der Waals surface area (Å²) in [5.41, 5.74) is 1.89. The van der Waals surface area contributed by atoms with Crippen LogP contribution in [0.25, 0.3) is 0 Å². The third-order valence-electron chi connectivity index (χ3n) is 3.55. The first-order chi connectivity index (χ1) is 12.0. The van der Waals surface area contributed by atoms with Crippen molar-refractivity contribution in [2.24, 2.45) is 0 Å².